The van der Waals surface area contributed by atoms with E-state index in [0.717, 1.165) is 0 Å². The van der Waals surface area contributed by atoms with E-state index in [1.54, 1.807) is 0 Å². The zero-order chi connectivity index (χ0) is 17.3. The lowest BCUT2D eigenvalue weighted by Crippen LogP contribution is -2.62. The Hall–Kier alpha value is 0.197. The van der Waals surface area contributed by atoms with Crippen LogP contribution in [-0.4, -0.2) is 37.4 Å². The van der Waals surface area contributed by atoms with E-state index in [9.17, 15) is 35.1 Å². The van der Waals surface area contributed by atoms with Gasteiger partial charge in [0, 0.05) is 6.92 Å². The van der Waals surface area contributed by atoms with Crippen LogP contribution < -0.4 is 0 Å². The van der Waals surface area contributed by atoms with E-state index < -0.39 is 50.4 Å². The van der Waals surface area contributed by atoms with Gasteiger partial charge in [-0.05, 0) is 12.5 Å². The van der Waals surface area contributed by atoms with Crippen LogP contribution in [0.15, 0.2) is 0 Å². The number of alkyl halides is 8. The van der Waals surface area contributed by atoms with Gasteiger partial charge in [-0.25, -0.2) is 0 Å². The topological polar surface area (TPSA) is 9.23 Å². The van der Waals surface area contributed by atoms with Crippen LogP contribution >= 0.6 is 22.2 Å². The summed E-state index contributed by atoms with van der Waals surface area (Å²) in [6, 6.07) is -0.431. The molecule has 0 aromatic rings. The lowest BCUT2D eigenvalue weighted by Gasteiger charge is -2.36. The molecule has 0 N–H and O–H groups in total. The van der Waals surface area contributed by atoms with Crippen LogP contribution in [-0.2, 0) is 4.74 Å². The Morgan fingerprint density at radius 1 is 0.952 bits per heavy atom. The van der Waals surface area contributed by atoms with Crippen LogP contribution in [0.5, 0.6) is 0 Å². The molecule has 0 aromatic carbocycles. The Labute approximate surface area is 126 Å². The fourth-order valence-corrected chi connectivity index (χ4v) is 3.26. The van der Waals surface area contributed by atoms with Gasteiger partial charge in [-0.15, -0.1) is 0 Å². The monoisotopic (exact) mass is 386 g/mol. The largest absolute Gasteiger partial charge is 0.426 e. The van der Waals surface area contributed by atoms with Crippen molar-refractivity contribution < 1.29 is 39.9 Å². The predicted molar refractivity (Wildman–Crippen MR) is 64.3 cm³/mol. The predicted octanol–water partition coefficient (Wildman–Crippen LogP) is 5.00. The maximum Gasteiger partial charge on any atom is 0.426 e. The summed E-state index contributed by atoms with van der Waals surface area (Å²) >= 11 is 10.8. The Balaban J connectivity index is 5.37. The standard InChI is InChI=1S/C9H12Cl2F8OSi/c1-3-5(4-21(10)11)20-9(18,19)8(16,17)7(14,15)6(2,12)13/h5,21H,3-4H2,1-2H3. The van der Waals surface area contributed by atoms with Crippen molar-refractivity contribution in [1.29, 1.82) is 0 Å². The van der Waals surface area contributed by atoms with Gasteiger partial charge >= 0.3 is 23.9 Å². The van der Waals surface area contributed by atoms with Crippen LogP contribution in [0.3, 0.4) is 0 Å². The van der Waals surface area contributed by atoms with Crippen LogP contribution in [0.2, 0.25) is 6.04 Å². The minimum absolute atomic E-state index is 0.289. The molecule has 0 aliphatic heterocycles. The molecule has 1 nitrogen and oxygen atoms in total. The smallest absolute Gasteiger partial charge is 0.312 e. The van der Waals surface area contributed by atoms with Crippen LogP contribution in [0, 0.1) is 0 Å². The summed E-state index contributed by atoms with van der Waals surface area (Å²) in [5.41, 5.74) is 0. The van der Waals surface area contributed by atoms with Crippen LogP contribution in [0.25, 0.3) is 0 Å². The number of rotatable bonds is 8. The van der Waals surface area contributed by atoms with E-state index in [1.807, 2.05) is 0 Å². The third-order valence-corrected chi connectivity index (χ3v) is 4.47. The van der Waals surface area contributed by atoms with Crippen molar-refractivity contribution in [3.63, 3.8) is 0 Å². The molecule has 0 rings (SSSR count). The Morgan fingerprint density at radius 3 is 1.67 bits per heavy atom. The Morgan fingerprint density at radius 2 is 1.38 bits per heavy atom. The van der Waals surface area contributed by atoms with Crippen molar-refractivity contribution in [3.8, 4) is 0 Å². The van der Waals surface area contributed by atoms with Gasteiger partial charge in [0.1, 0.15) is 0 Å². The third-order valence-electron chi connectivity index (χ3n) is 2.52. The summed E-state index contributed by atoms with van der Waals surface area (Å²) in [5.74, 6) is -18.1. The summed E-state index contributed by atoms with van der Waals surface area (Å²) in [6.45, 7) is 0.644. The van der Waals surface area contributed by atoms with Gasteiger partial charge < -0.3 is 4.74 Å². The molecule has 1 atom stereocenters. The molecule has 0 fully saturated rings. The maximum absolute atomic E-state index is 13.3. The molecule has 0 aliphatic carbocycles. The van der Waals surface area contributed by atoms with Crippen molar-refractivity contribution in [2.24, 2.45) is 0 Å². The molecular formula is C9H12Cl2F8OSi. The first-order valence-corrected chi connectivity index (χ1v) is 9.88. The molecule has 0 aromatic heterocycles. The highest BCUT2D eigenvalue weighted by molar-refractivity contribution is 7.33. The van der Waals surface area contributed by atoms with E-state index in [0.29, 0.717) is 0 Å². The fraction of sp³-hybridized carbons (Fsp3) is 1.00. The lowest BCUT2D eigenvalue weighted by atomic mass is 10.1. The molecule has 0 saturated carbocycles. The second kappa shape index (κ2) is 6.75. The lowest BCUT2D eigenvalue weighted by molar-refractivity contribution is -0.431. The highest BCUT2D eigenvalue weighted by atomic mass is 35.7. The molecule has 0 heterocycles. The molecule has 0 bridgehead atoms. The van der Waals surface area contributed by atoms with Crippen LogP contribution in [0.4, 0.5) is 35.1 Å². The molecule has 0 radical (unpaired) electrons. The summed E-state index contributed by atoms with van der Waals surface area (Å²) in [5, 5.41) is 0. The SMILES string of the molecule is CCC(C[SiH](Cl)Cl)OC(F)(F)C(F)(F)C(F)(F)C(C)(F)F. The van der Waals surface area contributed by atoms with Crippen molar-refractivity contribution >= 4 is 29.6 Å². The van der Waals surface area contributed by atoms with Crippen molar-refractivity contribution in [3.05, 3.63) is 0 Å². The summed E-state index contributed by atoms with van der Waals surface area (Å²) in [7, 11) is -2.56. The van der Waals surface area contributed by atoms with E-state index in [1.165, 1.54) is 6.92 Å². The van der Waals surface area contributed by atoms with Gasteiger partial charge in [-0.1, -0.05) is 6.92 Å². The van der Waals surface area contributed by atoms with Crippen molar-refractivity contribution in [1.82, 2.24) is 0 Å². The minimum Gasteiger partial charge on any atom is -0.312 e. The quantitative estimate of drug-likeness (QED) is 0.324. The molecule has 0 amide bonds. The molecule has 0 saturated heterocycles. The fourth-order valence-electron chi connectivity index (χ4n) is 1.24. The first-order valence-electron chi connectivity index (χ1n) is 5.57. The van der Waals surface area contributed by atoms with Gasteiger partial charge in [0.25, 0.3) is 0 Å². The Kier molecular flexibility index (Phi) is 6.82. The molecule has 128 valence electrons. The zero-order valence-corrected chi connectivity index (χ0v) is 13.4. The van der Waals surface area contributed by atoms with E-state index in [4.69, 9.17) is 22.2 Å². The van der Waals surface area contributed by atoms with Crippen molar-refractivity contribution in [2.75, 3.05) is 0 Å². The average molecular weight is 387 g/mol. The zero-order valence-electron chi connectivity index (χ0n) is 10.8. The van der Waals surface area contributed by atoms with Gasteiger partial charge in [-0.2, -0.15) is 57.3 Å². The molecule has 1 unspecified atom stereocenters. The minimum atomic E-state index is -6.42. The normalized spacial score (nSPS) is 16.4. The summed E-state index contributed by atoms with van der Waals surface area (Å²) < 4.78 is 107. The molecule has 0 spiro atoms. The first kappa shape index (κ1) is 21.2. The molecule has 12 heteroatoms. The number of hydrogen-bond donors (Lipinski definition) is 0. The van der Waals surface area contributed by atoms with Crippen LogP contribution in [0.1, 0.15) is 20.3 Å². The van der Waals surface area contributed by atoms with E-state index in [2.05, 4.69) is 4.74 Å². The third kappa shape index (κ3) is 4.58. The Bertz CT molecular complexity index is 347. The number of ether oxygens (including phenoxy) is 1. The van der Waals surface area contributed by atoms with E-state index in [-0.39, 0.29) is 6.42 Å². The number of hydrogen-bond acceptors (Lipinski definition) is 1. The molecule has 21 heavy (non-hydrogen) atoms. The summed E-state index contributed by atoms with van der Waals surface area (Å²) in [4.78, 5) is 0. The highest BCUT2D eigenvalue weighted by Gasteiger charge is 2.80. The van der Waals surface area contributed by atoms with Crippen molar-refractivity contribution in [2.45, 2.75) is 56.3 Å². The first-order chi connectivity index (χ1) is 9.10. The van der Waals surface area contributed by atoms with Gasteiger partial charge in [0.2, 0.25) is 7.42 Å². The number of halogens is 10. The summed E-state index contributed by atoms with van der Waals surface area (Å²) in [6.07, 6.45) is -7.75. The second-order valence-corrected chi connectivity index (χ2v) is 9.41. The van der Waals surface area contributed by atoms with Gasteiger partial charge in [0.05, 0.1) is 6.10 Å². The second-order valence-electron chi connectivity index (χ2n) is 4.33. The van der Waals surface area contributed by atoms with Gasteiger partial charge in [0.15, 0.2) is 0 Å². The van der Waals surface area contributed by atoms with Gasteiger partial charge in [-0.3, -0.25) is 0 Å². The molecular weight excluding hydrogens is 375 g/mol. The molecule has 0 aliphatic rings. The highest BCUT2D eigenvalue weighted by Crippen LogP contribution is 2.53. The van der Waals surface area contributed by atoms with E-state index >= 15 is 0 Å². The average Bonchev–Trinajstić information content (AvgIpc) is 2.24. The maximum atomic E-state index is 13.3.